The Morgan fingerprint density at radius 3 is 2.43 bits per heavy atom. The lowest BCUT2D eigenvalue weighted by Gasteiger charge is -2.21. The monoisotopic (exact) mass is 413 g/mol. The van der Waals surface area contributed by atoms with E-state index in [0.29, 0.717) is 22.9 Å². The largest absolute Gasteiger partial charge is 0.454 e. The summed E-state index contributed by atoms with van der Waals surface area (Å²) >= 11 is 0. The number of ether oxygens (including phenoxy) is 3. The van der Waals surface area contributed by atoms with Gasteiger partial charge in [0.05, 0.1) is 0 Å². The van der Waals surface area contributed by atoms with Crippen LogP contribution < -0.4 is 25.4 Å². The van der Waals surface area contributed by atoms with E-state index in [2.05, 4.69) is 16.0 Å². The molecule has 0 fully saturated rings. The van der Waals surface area contributed by atoms with Crippen molar-refractivity contribution in [3.8, 4) is 11.5 Å². The predicted molar refractivity (Wildman–Crippen MR) is 109 cm³/mol. The number of esters is 1. The molecule has 2 aromatic carbocycles. The zero-order valence-corrected chi connectivity index (χ0v) is 16.6. The van der Waals surface area contributed by atoms with Gasteiger partial charge in [0, 0.05) is 17.4 Å². The molecule has 158 valence electrons. The molecule has 0 aromatic heterocycles. The van der Waals surface area contributed by atoms with Crippen LogP contribution in [0.15, 0.2) is 48.5 Å². The maximum absolute atomic E-state index is 12.4. The van der Waals surface area contributed by atoms with Crippen molar-refractivity contribution in [1.82, 2.24) is 5.32 Å². The number of benzene rings is 2. The first-order valence-corrected chi connectivity index (χ1v) is 9.41. The van der Waals surface area contributed by atoms with Gasteiger partial charge in [0.2, 0.25) is 6.79 Å². The molecular weight excluding hydrogens is 390 g/mol. The Labute approximate surface area is 173 Å². The second kappa shape index (κ2) is 9.64. The molecule has 3 rings (SSSR count). The number of nitrogens with one attached hydrogen (secondary N) is 3. The van der Waals surface area contributed by atoms with Gasteiger partial charge >= 0.3 is 12.0 Å². The number of rotatable bonds is 7. The van der Waals surface area contributed by atoms with Crippen LogP contribution >= 0.6 is 0 Å². The summed E-state index contributed by atoms with van der Waals surface area (Å²) in [6, 6.07) is 12.3. The lowest BCUT2D eigenvalue weighted by Crippen LogP contribution is -2.47. The Bertz CT molecular complexity index is 916. The summed E-state index contributed by atoms with van der Waals surface area (Å²) in [5.41, 5.74) is 1.08. The van der Waals surface area contributed by atoms with E-state index in [0.717, 1.165) is 0 Å². The number of hydrogen-bond acceptors (Lipinski definition) is 6. The second-order valence-corrected chi connectivity index (χ2v) is 6.91. The fourth-order valence-electron chi connectivity index (χ4n) is 2.73. The lowest BCUT2D eigenvalue weighted by molar-refractivity contribution is -0.150. The van der Waals surface area contributed by atoms with Crippen molar-refractivity contribution in [2.75, 3.05) is 24.0 Å². The SMILES string of the molecule is CC(C)[C@@H](NC(=O)Nc1ccccc1)C(=O)OCC(=O)Nc1ccc2c(c1)OCO2. The minimum atomic E-state index is -0.910. The van der Waals surface area contributed by atoms with E-state index in [1.54, 1.807) is 56.3 Å². The highest BCUT2D eigenvalue weighted by atomic mass is 16.7. The first kappa shape index (κ1) is 21.0. The number of carbonyl (C=O) groups excluding carboxylic acids is 3. The summed E-state index contributed by atoms with van der Waals surface area (Å²) in [5.74, 6) is -0.333. The van der Waals surface area contributed by atoms with E-state index in [1.807, 2.05) is 6.07 Å². The highest BCUT2D eigenvalue weighted by Crippen LogP contribution is 2.34. The summed E-state index contributed by atoms with van der Waals surface area (Å²) < 4.78 is 15.6. The Morgan fingerprint density at radius 2 is 1.70 bits per heavy atom. The van der Waals surface area contributed by atoms with Crippen LogP contribution in [0.5, 0.6) is 11.5 Å². The fraction of sp³-hybridized carbons (Fsp3) is 0.286. The van der Waals surface area contributed by atoms with Crippen LogP contribution in [0.3, 0.4) is 0 Å². The molecule has 0 aliphatic carbocycles. The second-order valence-electron chi connectivity index (χ2n) is 6.91. The average Bonchev–Trinajstić information content (AvgIpc) is 3.18. The molecule has 30 heavy (non-hydrogen) atoms. The van der Waals surface area contributed by atoms with Gasteiger partial charge in [-0.15, -0.1) is 0 Å². The van der Waals surface area contributed by atoms with Crippen molar-refractivity contribution in [3.63, 3.8) is 0 Å². The zero-order valence-electron chi connectivity index (χ0n) is 16.6. The van der Waals surface area contributed by atoms with Gasteiger partial charge in [-0.25, -0.2) is 9.59 Å². The maximum Gasteiger partial charge on any atom is 0.329 e. The number of amides is 3. The van der Waals surface area contributed by atoms with Crippen molar-refractivity contribution in [3.05, 3.63) is 48.5 Å². The summed E-state index contributed by atoms with van der Waals surface area (Å²) in [6.45, 7) is 3.17. The van der Waals surface area contributed by atoms with Crippen molar-refractivity contribution in [2.24, 2.45) is 5.92 Å². The molecule has 1 aliphatic heterocycles. The van der Waals surface area contributed by atoms with Crippen molar-refractivity contribution >= 4 is 29.3 Å². The maximum atomic E-state index is 12.4. The van der Waals surface area contributed by atoms with Crippen molar-refractivity contribution in [1.29, 1.82) is 0 Å². The number of para-hydroxylation sites is 1. The van der Waals surface area contributed by atoms with Crippen LogP contribution in [0.4, 0.5) is 16.2 Å². The minimum absolute atomic E-state index is 0.131. The van der Waals surface area contributed by atoms with Gasteiger partial charge in [-0.05, 0) is 30.2 Å². The highest BCUT2D eigenvalue weighted by molar-refractivity contribution is 5.95. The average molecular weight is 413 g/mol. The molecule has 1 aliphatic rings. The van der Waals surface area contributed by atoms with Gasteiger partial charge < -0.3 is 30.2 Å². The topological polar surface area (TPSA) is 115 Å². The van der Waals surface area contributed by atoms with Crippen LogP contribution in [0.1, 0.15) is 13.8 Å². The smallest absolute Gasteiger partial charge is 0.329 e. The molecule has 0 bridgehead atoms. The number of anilines is 2. The van der Waals surface area contributed by atoms with Gasteiger partial charge in [-0.2, -0.15) is 0 Å². The van der Waals surface area contributed by atoms with E-state index in [4.69, 9.17) is 14.2 Å². The minimum Gasteiger partial charge on any atom is -0.454 e. The van der Waals surface area contributed by atoms with E-state index < -0.39 is 30.6 Å². The van der Waals surface area contributed by atoms with Gasteiger partial charge in [-0.3, -0.25) is 4.79 Å². The molecule has 1 atom stereocenters. The number of carbonyl (C=O) groups is 3. The van der Waals surface area contributed by atoms with Crippen LogP contribution in [-0.4, -0.2) is 37.3 Å². The van der Waals surface area contributed by atoms with E-state index in [9.17, 15) is 14.4 Å². The molecular formula is C21H23N3O6. The molecule has 0 radical (unpaired) electrons. The van der Waals surface area contributed by atoms with E-state index in [-0.39, 0.29) is 12.7 Å². The number of urea groups is 1. The Morgan fingerprint density at radius 1 is 0.967 bits per heavy atom. The van der Waals surface area contributed by atoms with Gasteiger partial charge in [0.15, 0.2) is 18.1 Å². The molecule has 0 saturated heterocycles. The highest BCUT2D eigenvalue weighted by Gasteiger charge is 2.26. The summed E-state index contributed by atoms with van der Waals surface area (Å²) in [6.07, 6.45) is 0. The third-order valence-corrected chi connectivity index (χ3v) is 4.24. The summed E-state index contributed by atoms with van der Waals surface area (Å²) in [7, 11) is 0. The van der Waals surface area contributed by atoms with E-state index >= 15 is 0 Å². The quantitative estimate of drug-likeness (QED) is 0.601. The molecule has 9 nitrogen and oxygen atoms in total. The standard InChI is InChI=1S/C21H23N3O6/c1-13(2)19(24-21(27)23-14-6-4-3-5-7-14)20(26)28-11-18(25)22-15-8-9-16-17(10-15)30-12-29-16/h3-10,13,19H,11-12H2,1-2H3,(H,22,25)(H2,23,24,27)/t19-/m1/s1. The fourth-order valence-corrected chi connectivity index (χ4v) is 2.73. The van der Waals surface area contributed by atoms with Gasteiger partial charge in [0.25, 0.3) is 5.91 Å². The number of fused-ring (bicyclic) bond motifs is 1. The Kier molecular flexibility index (Phi) is 6.74. The molecule has 3 N–H and O–H groups in total. The van der Waals surface area contributed by atoms with Crippen molar-refractivity contribution in [2.45, 2.75) is 19.9 Å². The zero-order chi connectivity index (χ0) is 21.5. The Hall–Kier alpha value is -3.75. The summed E-state index contributed by atoms with van der Waals surface area (Å²) in [5, 5.41) is 7.84. The van der Waals surface area contributed by atoms with Gasteiger partial charge in [0.1, 0.15) is 6.04 Å². The molecule has 0 spiro atoms. The first-order chi connectivity index (χ1) is 14.4. The Balaban J connectivity index is 1.49. The van der Waals surface area contributed by atoms with Crippen molar-refractivity contribution < 1.29 is 28.6 Å². The third kappa shape index (κ3) is 5.63. The molecule has 0 unspecified atom stereocenters. The molecule has 0 saturated carbocycles. The summed E-state index contributed by atoms with van der Waals surface area (Å²) in [4.78, 5) is 36.7. The van der Waals surface area contributed by atoms with E-state index in [1.165, 1.54) is 0 Å². The normalized spacial score (nSPS) is 12.8. The van der Waals surface area contributed by atoms with Crippen LogP contribution in [-0.2, 0) is 14.3 Å². The molecule has 3 amide bonds. The van der Waals surface area contributed by atoms with Gasteiger partial charge in [-0.1, -0.05) is 32.0 Å². The first-order valence-electron chi connectivity index (χ1n) is 9.41. The molecule has 2 aromatic rings. The molecule has 1 heterocycles. The third-order valence-electron chi connectivity index (χ3n) is 4.24. The van der Waals surface area contributed by atoms with Crippen LogP contribution in [0.2, 0.25) is 0 Å². The molecule has 9 heteroatoms. The number of hydrogen-bond donors (Lipinski definition) is 3. The lowest BCUT2D eigenvalue weighted by atomic mass is 10.1. The van der Waals surface area contributed by atoms with Crippen LogP contribution in [0.25, 0.3) is 0 Å². The predicted octanol–water partition coefficient (Wildman–Crippen LogP) is 2.74. The van der Waals surface area contributed by atoms with Crippen LogP contribution in [0, 0.1) is 5.92 Å².